The van der Waals surface area contributed by atoms with Crippen LogP contribution in [-0.2, 0) is 4.79 Å². The zero-order valence-corrected chi connectivity index (χ0v) is 11.6. The van der Waals surface area contributed by atoms with Gasteiger partial charge in [0.25, 0.3) is 0 Å². The molecule has 0 heterocycles. The molecule has 0 spiro atoms. The van der Waals surface area contributed by atoms with Crippen molar-refractivity contribution in [1.29, 1.82) is 0 Å². The third kappa shape index (κ3) is 2.58. The fourth-order valence-corrected chi connectivity index (χ4v) is 2.59. The Bertz CT molecular complexity index is 459. The fourth-order valence-electron chi connectivity index (χ4n) is 2.09. The highest BCUT2D eigenvalue weighted by molar-refractivity contribution is 6.52. The Morgan fingerprint density at radius 2 is 1.76 bits per heavy atom. The van der Waals surface area contributed by atoms with Crippen molar-refractivity contribution in [3.8, 4) is 0 Å². The van der Waals surface area contributed by atoms with E-state index in [1.807, 2.05) is 32.9 Å². The maximum Gasteiger partial charge on any atom is 0.230 e. The van der Waals surface area contributed by atoms with Crippen LogP contribution in [0.2, 0.25) is 0 Å². The van der Waals surface area contributed by atoms with Crippen molar-refractivity contribution in [2.24, 2.45) is 5.92 Å². The fraction of sp³-hybridized carbons (Fsp3) is 0.462. The molecule has 0 radical (unpaired) electrons. The second kappa shape index (κ2) is 4.18. The van der Waals surface area contributed by atoms with Crippen molar-refractivity contribution in [3.05, 3.63) is 28.8 Å². The molecule has 1 aliphatic carbocycles. The number of aryl methyl sites for hydroxylation is 3. The van der Waals surface area contributed by atoms with Gasteiger partial charge in [0.2, 0.25) is 5.91 Å². The van der Waals surface area contributed by atoms with Crippen LogP contribution in [0.3, 0.4) is 0 Å². The van der Waals surface area contributed by atoms with Crippen molar-refractivity contribution in [1.82, 2.24) is 0 Å². The number of amides is 1. The van der Waals surface area contributed by atoms with E-state index in [2.05, 4.69) is 5.32 Å². The van der Waals surface area contributed by atoms with Crippen LogP contribution >= 0.6 is 23.2 Å². The highest BCUT2D eigenvalue weighted by Crippen LogP contribution is 2.53. The van der Waals surface area contributed by atoms with Gasteiger partial charge in [0, 0.05) is 5.69 Å². The molecule has 0 aliphatic heterocycles. The number of nitrogens with one attached hydrogen (secondary N) is 1. The third-order valence-electron chi connectivity index (χ3n) is 3.07. The van der Waals surface area contributed by atoms with Gasteiger partial charge < -0.3 is 5.32 Å². The van der Waals surface area contributed by atoms with Crippen molar-refractivity contribution < 1.29 is 4.79 Å². The van der Waals surface area contributed by atoms with E-state index in [1.165, 1.54) is 5.56 Å². The first-order valence-corrected chi connectivity index (χ1v) is 6.33. The monoisotopic (exact) mass is 271 g/mol. The maximum atomic E-state index is 11.9. The predicted octanol–water partition coefficient (Wildman–Crippen LogP) is 3.74. The van der Waals surface area contributed by atoms with E-state index in [-0.39, 0.29) is 11.8 Å². The number of alkyl halides is 2. The molecule has 1 aliphatic rings. The largest absolute Gasteiger partial charge is 0.325 e. The van der Waals surface area contributed by atoms with Crippen LogP contribution in [-0.4, -0.2) is 10.2 Å². The summed E-state index contributed by atoms with van der Waals surface area (Å²) in [6.45, 7) is 6.00. The normalized spacial score (nSPS) is 21.1. The van der Waals surface area contributed by atoms with Gasteiger partial charge in [0.15, 0.2) is 0 Å². The summed E-state index contributed by atoms with van der Waals surface area (Å²) in [5.74, 6) is -0.379. The van der Waals surface area contributed by atoms with Crippen LogP contribution in [0.1, 0.15) is 23.1 Å². The second-order valence-electron chi connectivity index (χ2n) is 4.78. The van der Waals surface area contributed by atoms with Crippen LogP contribution in [0.25, 0.3) is 0 Å². The Kier molecular flexibility index (Phi) is 3.13. The van der Waals surface area contributed by atoms with Gasteiger partial charge >= 0.3 is 0 Å². The van der Waals surface area contributed by atoms with E-state index >= 15 is 0 Å². The molecular formula is C13H15Cl2NO. The highest BCUT2D eigenvalue weighted by Gasteiger charge is 2.56. The molecule has 2 rings (SSSR count). The summed E-state index contributed by atoms with van der Waals surface area (Å²) in [7, 11) is 0. The average Bonchev–Trinajstić information content (AvgIpc) is 2.81. The molecule has 1 unspecified atom stereocenters. The summed E-state index contributed by atoms with van der Waals surface area (Å²) in [5, 5.41) is 2.92. The first-order chi connectivity index (χ1) is 7.81. The van der Waals surface area contributed by atoms with Crippen LogP contribution in [0.15, 0.2) is 12.1 Å². The Morgan fingerprint density at radius 3 is 2.18 bits per heavy atom. The number of anilines is 1. The third-order valence-corrected chi connectivity index (χ3v) is 3.90. The highest BCUT2D eigenvalue weighted by atomic mass is 35.5. The van der Waals surface area contributed by atoms with Gasteiger partial charge in [-0.3, -0.25) is 4.79 Å². The van der Waals surface area contributed by atoms with Crippen LogP contribution in [0.4, 0.5) is 5.69 Å². The first-order valence-electron chi connectivity index (χ1n) is 5.58. The van der Waals surface area contributed by atoms with Gasteiger partial charge in [0.05, 0.1) is 5.92 Å². The Morgan fingerprint density at radius 1 is 1.29 bits per heavy atom. The van der Waals surface area contributed by atoms with Gasteiger partial charge in [0.1, 0.15) is 4.33 Å². The predicted molar refractivity (Wildman–Crippen MR) is 71.8 cm³/mol. The summed E-state index contributed by atoms with van der Waals surface area (Å²) < 4.78 is -0.864. The SMILES string of the molecule is Cc1cc(C)c(NC(=O)C2CC2(Cl)Cl)c(C)c1. The molecule has 0 aromatic heterocycles. The summed E-state index contributed by atoms with van der Waals surface area (Å²) in [6, 6.07) is 4.09. The van der Waals surface area contributed by atoms with Crippen LogP contribution in [0.5, 0.6) is 0 Å². The van der Waals surface area contributed by atoms with Crippen molar-refractivity contribution in [2.45, 2.75) is 31.5 Å². The number of benzene rings is 1. The van der Waals surface area contributed by atoms with E-state index in [4.69, 9.17) is 23.2 Å². The number of rotatable bonds is 2. The molecule has 1 aromatic carbocycles. The first kappa shape index (κ1) is 12.7. The van der Waals surface area contributed by atoms with Crippen LogP contribution < -0.4 is 5.32 Å². The van der Waals surface area contributed by atoms with Gasteiger partial charge in [-0.05, 0) is 38.3 Å². The molecule has 1 aromatic rings. The summed E-state index contributed by atoms with van der Waals surface area (Å²) >= 11 is 11.8. The molecule has 1 N–H and O–H groups in total. The molecular weight excluding hydrogens is 257 g/mol. The summed E-state index contributed by atoms with van der Waals surface area (Å²) in [5.41, 5.74) is 4.18. The van der Waals surface area contributed by atoms with Crippen molar-refractivity contribution in [3.63, 3.8) is 0 Å². The summed E-state index contributed by atoms with van der Waals surface area (Å²) in [4.78, 5) is 11.9. The standard InChI is InChI=1S/C13H15Cl2NO/c1-7-4-8(2)11(9(3)5-7)16-12(17)10-6-13(10,14)15/h4-5,10H,6H2,1-3H3,(H,16,17). The minimum atomic E-state index is -0.864. The molecule has 17 heavy (non-hydrogen) atoms. The molecule has 1 fully saturated rings. The van der Waals surface area contributed by atoms with E-state index in [0.717, 1.165) is 16.8 Å². The Hall–Kier alpha value is -0.730. The Balaban J connectivity index is 2.17. The molecule has 0 saturated heterocycles. The minimum absolute atomic E-state index is 0.0925. The topological polar surface area (TPSA) is 29.1 Å². The van der Waals surface area contributed by atoms with E-state index in [0.29, 0.717) is 6.42 Å². The molecule has 1 atom stereocenters. The van der Waals surface area contributed by atoms with Gasteiger partial charge in [-0.25, -0.2) is 0 Å². The zero-order valence-electron chi connectivity index (χ0n) is 10.1. The molecule has 0 bridgehead atoms. The van der Waals surface area contributed by atoms with Gasteiger partial charge in [-0.15, -0.1) is 23.2 Å². The Labute approximate surface area is 111 Å². The van der Waals surface area contributed by atoms with Crippen molar-refractivity contribution >= 4 is 34.8 Å². The number of halogens is 2. The smallest absolute Gasteiger partial charge is 0.230 e. The van der Waals surface area contributed by atoms with E-state index in [9.17, 15) is 4.79 Å². The lowest BCUT2D eigenvalue weighted by Gasteiger charge is -2.12. The van der Waals surface area contributed by atoms with Crippen LogP contribution in [0, 0.1) is 26.7 Å². The number of hydrogen-bond donors (Lipinski definition) is 1. The lowest BCUT2D eigenvalue weighted by atomic mass is 10.0. The molecule has 2 nitrogen and oxygen atoms in total. The quantitative estimate of drug-likeness (QED) is 0.816. The second-order valence-corrected chi connectivity index (χ2v) is 6.32. The average molecular weight is 272 g/mol. The molecule has 4 heteroatoms. The zero-order chi connectivity index (χ0) is 12.8. The maximum absolute atomic E-state index is 11.9. The molecule has 1 saturated carbocycles. The number of carbonyl (C=O) groups excluding carboxylic acids is 1. The minimum Gasteiger partial charge on any atom is -0.325 e. The number of hydrogen-bond acceptors (Lipinski definition) is 1. The van der Waals surface area contributed by atoms with Gasteiger partial charge in [-0.2, -0.15) is 0 Å². The van der Waals surface area contributed by atoms with E-state index < -0.39 is 4.33 Å². The van der Waals surface area contributed by atoms with E-state index in [1.54, 1.807) is 0 Å². The summed E-state index contributed by atoms with van der Waals surface area (Å²) in [6.07, 6.45) is 0.534. The number of carbonyl (C=O) groups is 1. The lowest BCUT2D eigenvalue weighted by molar-refractivity contribution is -0.117. The lowest BCUT2D eigenvalue weighted by Crippen LogP contribution is -2.18. The molecule has 1 amide bonds. The van der Waals surface area contributed by atoms with Crippen molar-refractivity contribution in [2.75, 3.05) is 5.32 Å². The van der Waals surface area contributed by atoms with Gasteiger partial charge in [-0.1, -0.05) is 17.7 Å². The molecule has 92 valence electrons.